The lowest BCUT2D eigenvalue weighted by molar-refractivity contribution is 0.245. The molecule has 0 aromatic heterocycles. The zero-order chi connectivity index (χ0) is 11.5. The Morgan fingerprint density at radius 3 is 2.40 bits per heavy atom. The number of carbonyl (C=O) groups excluding carboxylic acids is 1. The molecule has 0 rings (SSSR count). The second-order valence-corrected chi connectivity index (χ2v) is 3.56. The molecule has 0 aromatic carbocycles. The third kappa shape index (κ3) is 10.7. The predicted molar refractivity (Wildman–Crippen MR) is 61.8 cm³/mol. The van der Waals surface area contributed by atoms with Gasteiger partial charge in [-0.25, -0.2) is 4.79 Å². The monoisotopic (exact) mass is 214 g/mol. The van der Waals surface area contributed by atoms with Crippen LogP contribution in [0.25, 0.3) is 0 Å². The maximum atomic E-state index is 10.9. The summed E-state index contributed by atoms with van der Waals surface area (Å²) in [6, 6.07) is -0.393. The van der Waals surface area contributed by atoms with Crippen LogP contribution in [0, 0.1) is 5.41 Å². The molecule has 0 bridgehead atoms. The Morgan fingerprint density at radius 1 is 1.20 bits per heavy atom. The second kappa shape index (κ2) is 9.30. The van der Waals surface area contributed by atoms with Crippen LogP contribution in [0.1, 0.15) is 45.4 Å². The van der Waals surface area contributed by atoms with Gasteiger partial charge in [-0.2, -0.15) is 0 Å². The van der Waals surface area contributed by atoms with E-state index in [-0.39, 0.29) is 5.96 Å². The average Bonchev–Trinajstić information content (AvgIpc) is 2.15. The van der Waals surface area contributed by atoms with Gasteiger partial charge in [0, 0.05) is 6.54 Å². The fraction of sp³-hybridized carbons (Fsp3) is 0.800. The van der Waals surface area contributed by atoms with E-state index in [2.05, 4.69) is 17.6 Å². The molecule has 0 radical (unpaired) electrons. The van der Waals surface area contributed by atoms with E-state index in [1.165, 1.54) is 25.7 Å². The topological polar surface area (TPSA) is 91.0 Å². The highest BCUT2D eigenvalue weighted by molar-refractivity contribution is 5.93. The lowest BCUT2D eigenvalue weighted by Crippen LogP contribution is -2.42. The zero-order valence-corrected chi connectivity index (χ0v) is 9.44. The SMILES string of the molecule is CCCCCCCCNC(=O)NC(=N)N. The first kappa shape index (κ1) is 13.7. The van der Waals surface area contributed by atoms with Gasteiger partial charge in [0.25, 0.3) is 0 Å². The van der Waals surface area contributed by atoms with Crippen molar-refractivity contribution < 1.29 is 4.79 Å². The number of hydrogen-bond donors (Lipinski definition) is 4. The summed E-state index contributed by atoms with van der Waals surface area (Å²) in [7, 11) is 0. The summed E-state index contributed by atoms with van der Waals surface area (Å²) in [5, 5.41) is 11.6. The van der Waals surface area contributed by atoms with Crippen molar-refractivity contribution in [2.45, 2.75) is 45.4 Å². The molecule has 0 unspecified atom stereocenters. The first-order valence-electron chi connectivity index (χ1n) is 5.55. The summed E-state index contributed by atoms with van der Waals surface area (Å²) in [6.07, 6.45) is 7.16. The molecule has 0 aromatic rings. The van der Waals surface area contributed by atoms with Gasteiger partial charge in [-0.3, -0.25) is 10.7 Å². The molecule has 0 saturated carbocycles. The van der Waals surface area contributed by atoms with E-state index in [4.69, 9.17) is 11.1 Å². The Balaban J connectivity index is 3.16. The fourth-order valence-electron chi connectivity index (χ4n) is 1.27. The second-order valence-electron chi connectivity index (χ2n) is 3.56. The summed E-state index contributed by atoms with van der Waals surface area (Å²) in [5.41, 5.74) is 4.99. The number of nitrogens with one attached hydrogen (secondary N) is 3. The minimum Gasteiger partial charge on any atom is -0.370 e. The summed E-state index contributed by atoms with van der Waals surface area (Å²) in [6.45, 7) is 2.83. The maximum absolute atomic E-state index is 10.9. The number of amides is 2. The predicted octanol–water partition coefficient (Wildman–Crippen LogP) is 1.54. The van der Waals surface area contributed by atoms with Gasteiger partial charge >= 0.3 is 6.03 Å². The largest absolute Gasteiger partial charge is 0.370 e. The van der Waals surface area contributed by atoms with Crippen molar-refractivity contribution in [3.63, 3.8) is 0 Å². The molecular formula is C10H22N4O. The van der Waals surface area contributed by atoms with Crippen LogP contribution in [0.5, 0.6) is 0 Å². The lowest BCUT2D eigenvalue weighted by Gasteiger charge is -2.05. The molecular weight excluding hydrogens is 192 g/mol. The normalized spacial score (nSPS) is 9.67. The van der Waals surface area contributed by atoms with Crippen molar-refractivity contribution in [2.75, 3.05) is 6.54 Å². The van der Waals surface area contributed by atoms with E-state index in [1.807, 2.05) is 0 Å². The van der Waals surface area contributed by atoms with Gasteiger partial charge in [-0.05, 0) is 6.42 Å². The molecule has 2 amide bonds. The molecule has 0 spiro atoms. The van der Waals surface area contributed by atoms with Gasteiger partial charge < -0.3 is 11.1 Å². The summed E-state index contributed by atoms with van der Waals surface area (Å²) < 4.78 is 0. The highest BCUT2D eigenvalue weighted by atomic mass is 16.2. The number of unbranched alkanes of at least 4 members (excludes halogenated alkanes) is 5. The maximum Gasteiger partial charge on any atom is 0.321 e. The number of carbonyl (C=O) groups is 1. The van der Waals surface area contributed by atoms with Gasteiger partial charge in [0.1, 0.15) is 0 Å². The molecule has 0 heterocycles. The van der Waals surface area contributed by atoms with Gasteiger partial charge in [0.05, 0.1) is 0 Å². The van der Waals surface area contributed by atoms with Gasteiger partial charge in [-0.15, -0.1) is 0 Å². The van der Waals surface area contributed by atoms with E-state index >= 15 is 0 Å². The van der Waals surface area contributed by atoms with Crippen molar-refractivity contribution >= 4 is 12.0 Å². The van der Waals surface area contributed by atoms with Crippen LogP contribution >= 0.6 is 0 Å². The van der Waals surface area contributed by atoms with E-state index in [0.717, 1.165) is 12.8 Å². The Kier molecular flexibility index (Phi) is 8.52. The van der Waals surface area contributed by atoms with E-state index in [1.54, 1.807) is 0 Å². The first-order valence-corrected chi connectivity index (χ1v) is 5.55. The van der Waals surface area contributed by atoms with Crippen LogP contribution in [-0.4, -0.2) is 18.5 Å². The van der Waals surface area contributed by atoms with E-state index in [9.17, 15) is 4.79 Å². The van der Waals surface area contributed by atoms with Crippen LogP contribution in [-0.2, 0) is 0 Å². The molecule has 5 nitrogen and oxygen atoms in total. The zero-order valence-electron chi connectivity index (χ0n) is 9.44. The standard InChI is InChI=1S/C10H22N4O/c1-2-3-4-5-6-7-8-13-10(15)14-9(11)12/h2-8H2,1H3,(H5,11,12,13,14,15). The van der Waals surface area contributed by atoms with Crippen molar-refractivity contribution in [3.8, 4) is 0 Å². The van der Waals surface area contributed by atoms with Crippen molar-refractivity contribution in [3.05, 3.63) is 0 Å². The smallest absolute Gasteiger partial charge is 0.321 e. The molecule has 0 aliphatic carbocycles. The molecule has 15 heavy (non-hydrogen) atoms. The fourth-order valence-corrected chi connectivity index (χ4v) is 1.27. The molecule has 0 saturated heterocycles. The summed E-state index contributed by atoms with van der Waals surface area (Å²) in [5.74, 6) is -0.324. The average molecular weight is 214 g/mol. The number of hydrogen-bond acceptors (Lipinski definition) is 2. The Hall–Kier alpha value is -1.26. The van der Waals surface area contributed by atoms with Crippen LogP contribution in [0.15, 0.2) is 0 Å². The number of urea groups is 1. The van der Waals surface area contributed by atoms with E-state index in [0.29, 0.717) is 6.54 Å². The Bertz CT molecular complexity index is 194. The molecule has 88 valence electrons. The number of guanidine groups is 1. The van der Waals surface area contributed by atoms with Crippen LogP contribution in [0.2, 0.25) is 0 Å². The molecule has 0 aliphatic heterocycles. The Labute approximate surface area is 91.3 Å². The lowest BCUT2D eigenvalue weighted by atomic mass is 10.1. The van der Waals surface area contributed by atoms with E-state index < -0.39 is 6.03 Å². The van der Waals surface area contributed by atoms with Crippen LogP contribution in [0.4, 0.5) is 4.79 Å². The minimum atomic E-state index is -0.393. The van der Waals surface area contributed by atoms with Crippen LogP contribution in [0.3, 0.4) is 0 Å². The molecule has 0 fully saturated rings. The number of nitrogens with two attached hydrogens (primary N) is 1. The molecule has 0 atom stereocenters. The van der Waals surface area contributed by atoms with Crippen molar-refractivity contribution in [1.82, 2.24) is 10.6 Å². The first-order chi connectivity index (χ1) is 7.16. The van der Waals surface area contributed by atoms with Gasteiger partial charge in [0.2, 0.25) is 0 Å². The molecule has 5 N–H and O–H groups in total. The summed E-state index contributed by atoms with van der Waals surface area (Å²) >= 11 is 0. The van der Waals surface area contributed by atoms with Crippen LogP contribution < -0.4 is 16.4 Å². The number of rotatable bonds is 7. The minimum absolute atomic E-state index is 0.324. The highest BCUT2D eigenvalue weighted by Gasteiger charge is 1.98. The highest BCUT2D eigenvalue weighted by Crippen LogP contribution is 2.03. The Morgan fingerprint density at radius 2 is 1.80 bits per heavy atom. The van der Waals surface area contributed by atoms with Gasteiger partial charge in [0.15, 0.2) is 5.96 Å². The van der Waals surface area contributed by atoms with Crippen molar-refractivity contribution in [2.24, 2.45) is 5.73 Å². The van der Waals surface area contributed by atoms with Gasteiger partial charge in [-0.1, -0.05) is 39.0 Å². The third-order valence-corrected chi connectivity index (χ3v) is 2.06. The third-order valence-electron chi connectivity index (χ3n) is 2.06. The van der Waals surface area contributed by atoms with Crippen molar-refractivity contribution in [1.29, 1.82) is 5.41 Å². The molecule has 0 aliphatic rings. The quantitative estimate of drug-likeness (QED) is 0.294. The molecule has 5 heteroatoms. The summed E-state index contributed by atoms with van der Waals surface area (Å²) in [4.78, 5) is 10.9.